The van der Waals surface area contributed by atoms with Gasteiger partial charge in [0.2, 0.25) is 5.91 Å². The number of fused-ring (bicyclic) bond motifs is 1. The minimum Gasteiger partial charge on any atom is -0.356 e. The maximum Gasteiger partial charge on any atom is 0.224 e. The Morgan fingerprint density at radius 3 is 3.08 bits per heavy atom. The van der Waals surface area contributed by atoms with Gasteiger partial charge in [-0.25, -0.2) is 0 Å². The molecule has 1 amide bonds. The van der Waals surface area contributed by atoms with E-state index in [-0.39, 0.29) is 29.9 Å². The zero-order chi connectivity index (χ0) is 16.8. The lowest BCUT2D eigenvalue weighted by atomic mass is 10.1. The smallest absolute Gasteiger partial charge is 0.224 e. The third-order valence-electron chi connectivity index (χ3n) is 4.54. The fourth-order valence-electron chi connectivity index (χ4n) is 3.14. The van der Waals surface area contributed by atoms with Crippen molar-refractivity contribution in [2.45, 2.75) is 37.5 Å². The quantitative estimate of drug-likeness (QED) is 0.376. The number of nitrogens with one attached hydrogen (secondary N) is 2. The number of hydrogen-bond donors (Lipinski definition) is 2. The third-order valence-corrected chi connectivity index (χ3v) is 6.96. The van der Waals surface area contributed by atoms with Crippen LogP contribution in [-0.4, -0.2) is 54.5 Å². The van der Waals surface area contributed by atoms with E-state index in [0.717, 1.165) is 32.0 Å². The number of nitrogens with zero attached hydrogens (tertiary/aromatic N) is 2. The SMILES string of the molecule is CN=C(NCCC(=O)N1CCc2sccc2C1)NCC1CCCS1.I. The van der Waals surface area contributed by atoms with E-state index in [9.17, 15) is 4.79 Å². The van der Waals surface area contributed by atoms with Gasteiger partial charge < -0.3 is 15.5 Å². The molecule has 2 aliphatic rings. The Hall–Kier alpha value is -0.480. The van der Waals surface area contributed by atoms with Crippen LogP contribution in [0.15, 0.2) is 16.4 Å². The van der Waals surface area contributed by atoms with Gasteiger partial charge in [0, 0.05) is 49.8 Å². The molecule has 2 aliphatic heterocycles. The fraction of sp³-hybridized carbons (Fsp3) is 0.647. The predicted octanol–water partition coefficient (Wildman–Crippen LogP) is 2.70. The second-order valence-electron chi connectivity index (χ2n) is 6.20. The van der Waals surface area contributed by atoms with Crippen LogP contribution in [-0.2, 0) is 17.8 Å². The molecule has 1 unspecified atom stereocenters. The zero-order valence-corrected chi connectivity index (χ0v) is 18.6. The number of carbonyl (C=O) groups excluding carboxylic acids is 1. The first-order valence-corrected chi connectivity index (χ1v) is 10.6. The van der Waals surface area contributed by atoms with Crippen molar-refractivity contribution in [1.82, 2.24) is 15.5 Å². The first-order valence-electron chi connectivity index (χ1n) is 8.65. The highest BCUT2D eigenvalue weighted by molar-refractivity contribution is 14.0. The number of thioether (sulfide) groups is 1. The van der Waals surface area contributed by atoms with Crippen molar-refractivity contribution < 1.29 is 4.79 Å². The van der Waals surface area contributed by atoms with Gasteiger partial charge in [0.15, 0.2) is 5.96 Å². The fourth-order valence-corrected chi connectivity index (χ4v) is 5.23. The van der Waals surface area contributed by atoms with Crippen molar-refractivity contribution in [3.63, 3.8) is 0 Å². The average Bonchev–Trinajstić information content (AvgIpc) is 3.28. The summed E-state index contributed by atoms with van der Waals surface area (Å²) in [5.74, 6) is 2.30. The standard InChI is InChI=1S/C17H26N4OS2.HI/c1-18-17(20-11-14-3-2-9-23-14)19-7-4-16(22)21-8-5-15-13(12-21)6-10-24-15;/h6,10,14H,2-5,7-9,11-12H2,1H3,(H2,18,19,20);1H. The van der Waals surface area contributed by atoms with Crippen LogP contribution in [0, 0.1) is 0 Å². The first kappa shape index (κ1) is 20.8. The van der Waals surface area contributed by atoms with Crippen LogP contribution < -0.4 is 10.6 Å². The Morgan fingerprint density at radius 1 is 1.44 bits per heavy atom. The molecule has 1 aromatic rings. The monoisotopic (exact) mass is 494 g/mol. The van der Waals surface area contributed by atoms with Gasteiger partial charge in [-0.05, 0) is 42.0 Å². The van der Waals surface area contributed by atoms with E-state index in [0.29, 0.717) is 18.2 Å². The minimum atomic E-state index is 0. The van der Waals surface area contributed by atoms with Crippen LogP contribution in [0.5, 0.6) is 0 Å². The van der Waals surface area contributed by atoms with Crippen molar-refractivity contribution in [3.8, 4) is 0 Å². The molecule has 25 heavy (non-hydrogen) atoms. The topological polar surface area (TPSA) is 56.7 Å². The third kappa shape index (κ3) is 6.02. The Kier molecular flexibility index (Phi) is 8.84. The summed E-state index contributed by atoms with van der Waals surface area (Å²) in [5, 5.41) is 9.45. The number of rotatable bonds is 5. The van der Waals surface area contributed by atoms with Gasteiger partial charge in [-0.15, -0.1) is 35.3 Å². The van der Waals surface area contributed by atoms with E-state index < -0.39 is 0 Å². The molecule has 140 valence electrons. The number of aliphatic imine (C=N–C) groups is 1. The number of thiophene rings is 1. The molecule has 0 aliphatic carbocycles. The lowest BCUT2D eigenvalue weighted by Crippen LogP contribution is -2.42. The van der Waals surface area contributed by atoms with Crippen LogP contribution in [0.1, 0.15) is 29.7 Å². The second-order valence-corrected chi connectivity index (χ2v) is 8.61. The molecule has 3 rings (SSSR count). The number of halogens is 1. The Balaban J connectivity index is 0.00000225. The van der Waals surface area contributed by atoms with Gasteiger partial charge in [-0.1, -0.05) is 0 Å². The molecule has 2 N–H and O–H groups in total. The second kappa shape index (κ2) is 10.6. The van der Waals surface area contributed by atoms with Crippen molar-refractivity contribution in [2.24, 2.45) is 4.99 Å². The van der Waals surface area contributed by atoms with Crippen LogP contribution in [0.2, 0.25) is 0 Å². The molecular weight excluding hydrogens is 467 g/mol. The van der Waals surface area contributed by atoms with E-state index in [2.05, 4.69) is 27.1 Å². The van der Waals surface area contributed by atoms with E-state index in [1.54, 1.807) is 18.4 Å². The van der Waals surface area contributed by atoms with Crippen molar-refractivity contribution in [2.75, 3.05) is 32.4 Å². The van der Waals surface area contributed by atoms with Crippen LogP contribution >= 0.6 is 47.1 Å². The maximum absolute atomic E-state index is 12.4. The van der Waals surface area contributed by atoms with Crippen LogP contribution in [0.3, 0.4) is 0 Å². The molecule has 3 heterocycles. The minimum absolute atomic E-state index is 0. The largest absolute Gasteiger partial charge is 0.356 e. The molecule has 1 saturated heterocycles. The molecule has 1 fully saturated rings. The van der Waals surface area contributed by atoms with Gasteiger partial charge >= 0.3 is 0 Å². The van der Waals surface area contributed by atoms with E-state index in [1.807, 2.05) is 16.7 Å². The zero-order valence-electron chi connectivity index (χ0n) is 14.6. The summed E-state index contributed by atoms with van der Waals surface area (Å²) in [7, 11) is 1.78. The lowest BCUT2D eigenvalue weighted by Gasteiger charge is -2.27. The Morgan fingerprint density at radius 2 is 2.32 bits per heavy atom. The highest BCUT2D eigenvalue weighted by Crippen LogP contribution is 2.25. The van der Waals surface area contributed by atoms with Crippen LogP contribution in [0.25, 0.3) is 0 Å². The van der Waals surface area contributed by atoms with E-state index in [4.69, 9.17) is 0 Å². The highest BCUT2D eigenvalue weighted by atomic mass is 127. The summed E-state index contributed by atoms with van der Waals surface area (Å²) in [6.45, 7) is 3.19. The van der Waals surface area contributed by atoms with Gasteiger partial charge in [0.05, 0.1) is 0 Å². The molecule has 5 nitrogen and oxygen atoms in total. The molecule has 8 heteroatoms. The summed E-state index contributed by atoms with van der Waals surface area (Å²) in [5.41, 5.74) is 1.32. The molecule has 1 atom stereocenters. The number of guanidine groups is 1. The number of amides is 1. The molecule has 0 aromatic carbocycles. The summed E-state index contributed by atoms with van der Waals surface area (Å²) < 4.78 is 0. The van der Waals surface area contributed by atoms with Gasteiger partial charge in [0.1, 0.15) is 0 Å². The molecular formula is C17H27IN4OS2. The average molecular weight is 494 g/mol. The molecule has 0 spiro atoms. The number of carbonyl (C=O) groups is 1. The summed E-state index contributed by atoms with van der Waals surface area (Å²) >= 11 is 3.84. The highest BCUT2D eigenvalue weighted by Gasteiger charge is 2.21. The summed E-state index contributed by atoms with van der Waals surface area (Å²) in [6, 6.07) is 2.14. The summed E-state index contributed by atoms with van der Waals surface area (Å²) in [4.78, 5) is 20.0. The molecule has 0 saturated carbocycles. The molecule has 1 aromatic heterocycles. The van der Waals surface area contributed by atoms with Crippen LogP contribution in [0.4, 0.5) is 0 Å². The maximum atomic E-state index is 12.4. The molecule has 0 bridgehead atoms. The van der Waals surface area contributed by atoms with E-state index in [1.165, 1.54) is 29.0 Å². The van der Waals surface area contributed by atoms with E-state index >= 15 is 0 Å². The Bertz CT molecular complexity index is 587. The normalized spacial score (nSPS) is 20.0. The Labute approximate surface area is 175 Å². The van der Waals surface area contributed by atoms with Crippen molar-refractivity contribution >= 4 is 58.9 Å². The van der Waals surface area contributed by atoms with Gasteiger partial charge in [0.25, 0.3) is 0 Å². The number of hydrogen-bond acceptors (Lipinski definition) is 4. The molecule has 0 radical (unpaired) electrons. The lowest BCUT2D eigenvalue weighted by molar-refractivity contribution is -0.131. The van der Waals surface area contributed by atoms with Crippen molar-refractivity contribution in [3.05, 3.63) is 21.9 Å². The van der Waals surface area contributed by atoms with Gasteiger partial charge in [-0.2, -0.15) is 11.8 Å². The van der Waals surface area contributed by atoms with Crippen molar-refractivity contribution in [1.29, 1.82) is 0 Å². The first-order chi connectivity index (χ1) is 11.8. The van der Waals surface area contributed by atoms with Gasteiger partial charge in [-0.3, -0.25) is 9.79 Å². The predicted molar refractivity (Wildman–Crippen MR) is 118 cm³/mol. The summed E-state index contributed by atoms with van der Waals surface area (Å²) in [6.07, 6.45) is 4.11.